The Bertz CT molecular complexity index is 3180. The molecule has 5 aliphatic rings. The van der Waals surface area contributed by atoms with Gasteiger partial charge in [0.25, 0.3) is 16.0 Å². The van der Waals surface area contributed by atoms with Crippen molar-refractivity contribution in [3.63, 3.8) is 0 Å². The van der Waals surface area contributed by atoms with Crippen molar-refractivity contribution in [3.05, 3.63) is 124 Å². The van der Waals surface area contributed by atoms with Crippen LogP contribution in [0, 0.1) is 0 Å². The van der Waals surface area contributed by atoms with Gasteiger partial charge in [-0.15, -0.1) is 0 Å². The molecule has 2 unspecified atom stereocenters. The third kappa shape index (κ3) is 7.78. The summed E-state index contributed by atoms with van der Waals surface area (Å²) < 4.78 is 48.8. The highest BCUT2D eigenvalue weighted by molar-refractivity contribution is 7.85. The third-order valence-electron chi connectivity index (χ3n) is 14.6. The Morgan fingerprint density at radius 1 is 0.928 bits per heavy atom. The molecule has 358 valence electrons. The quantitative estimate of drug-likeness (QED) is 0.0413. The van der Waals surface area contributed by atoms with Crippen LogP contribution in [-0.4, -0.2) is 101 Å². The van der Waals surface area contributed by atoms with E-state index >= 15 is 0 Å². The number of ether oxygens (including phenoxy) is 2. The Morgan fingerprint density at radius 2 is 1.70 bits per heavy atom. The smallest absolute Gasteiger partial charge is 0.294 e. The van der Waals surface area contributed by atoms with Crippen molar-refractivity contribution in [1.82, 2.24) is 20.8 Å². The van der Waals surface area contributed by atoms with E-state index in [4.69, 9.17) is 9.47 Å². The number of nitrogens with one attached hydrogen (secondary N) is 3. The highest BCUT2D eigenvalue weighted by Gasteiger charge is 2.54. The monoisotopic (exact) mass is 953 g/mol. The lowest BCUT2D eigenvalue weighted by atomic mass is 9.74. The highest BCUT2D eigenvalue weighted by Crippen LogP contribution is 2.54. The molecule has 5 aromatic rings. The number of aromatic hydroxyl groups is 2. The molecule has 0 radical (unpaired) electrons. The van der Waals surface area contributed by atoms with Gasteiger partial charge in [0, 0.05) is 82.8 Å². The largest absolute Gasteiger partial charge is 0.508 e. The van der Waals surface area contributed by atoms with Crippen molar-refractivity contribution < 1.29 is 46.8 Å². The maximum atomic E-state index is 13.7. The van der Waals surface area contributed by atoms with Gasteiger partial charge >= 0.3 is 0 Å². The second-order valence-corrected chi connectivity index (χ2v) is 21.0. The van der Waals surface area contributed by atoms with Crippen molar-refractivity contribution in [2.75, 3.05) is 38.2 Å². The van der Waals surface area contributed by atoms with Gasteiger partial charge in [-0.25, -0.2) is 0 Å². The van der Waals surface area contributed by atoms with Gasteiger partial charge in [0.2, 0.25) is 11.6 Å². The summed E-state index contributed by atoms with van der Waals surface area (Å²) in [5.41, 5.74) is 11.3. The predicted molar refractivity (Wildman–Crippen MR) is 261 cm³/mol. The fourth-order valence-electron chi connectivity index (χ4n) is 11.3. The minimum Gasteiger partial charge on any atom is -0.508 e. The number of anilines is 1. The van der Waals surface area contributed by atoms with Crippen LogP contribution in [0.15, 0.2) is 101 Å². The summed E-state index contributed by atoms with van der Waals surface area (Å²) in [6, 6.07) is 21.3. The van der Waals surface area contributed by atoms with Crippen molar-refractivity contribution in [2.24, 2.45) is 0 Å². The first-order valence-corrected chi connectivity index (χ1v) is 25.0. The molecule has 10 rings (SSSR count). The van der Waals surface area contributed by atoms with E-state index in [9.17, 15) is 32.8 Å². The molecule has 6 N–H and O–H groups in total. The number of fused-ring (bicyclic) bond motifs is 8. The molecule has 5 aliphatic heterocycles. The second-order valence-electron chi connectivity index (χ2n) is 19.5. The Balaban J connectivity index is 0.818. The lowest BCUT2D eigenvalue weighted by Crippen LogP contribution is -2.47. The molecule has 0 saturated heterocycles. The van der Waals surface area contributed by atoms with E-state index in [0.717, 1.165) is 70.9 Å². The summed E-state index contributed by atoms with van der Waals surface area (Å²) >= 11 is 0. The zero-order chi connectivity index (χ0) is 48.7. The normalized spacial score (nSPS) is 19.5. The Labute approximate surface area is 401 Å². The number of rotatable bonds is 12. The van der Waals surface area contributed by atoms with Gasteiger partial charge in [-0.05, 0) is 97.8 Å². The zero-order valence-electron chi connectivity index (χ0n) is 39.6. The van der Waals surface area contributed by atoms with Crippen molar-refractivity contribution >= 4 is 39.0 Å². The summed E-state index contributed by atoms with van der Waals surface area (Å²) in [6.45, 7) is 12.7. The van der Waals surface area contributed by atoms with Crippen LogP contribution in [0.2, 0.25) is 0 Å². The van der Waals surface area contributed by atoms with Crippen LogP contribution in [0.5, 0.6) is 17.2 Å². The van der Waals surface area contributed by atoms with Gasteiger partial charge in [-0.1, -0.05) is 45.0 Å². The summed E-state index contributed by atoms with van der Waals surface area (Å²) in [4.78, 5) is 29.4. The summed E-state index contributed by atoms with van der Waals surface area (Å²) in [5.74, 6) is -0.0901. The first-order chi connectivity index (χ1) is 32.9. The second kappa shape index (κ2) is 17.0. The molecule has 6 heterocycles. The van der Waals surface area contributed by atoms with Crippen LogP contribution < -0.4 is 20.3 Å². The van der Waals surface area contributed by atoms with Gasteiger partial charge in [0.1, 0.15) is 28.6 Å². The van der Waals surface area contributed by atoms with Crippen molar-refractivity contribution in [2.45, 2.75) is 94.7 Å². The predicted octanol–water partition coefficient (Wildman–Crippen LogP) is 7.38. The molecular weight excluding hydrogens is 897 g/mol. The number of methoxy groups -OCH3 is 1. The SMILES string of the molecule is CCc1cc(-c2n[nH]c(C(=O)NCCCNC(=O)Cc3ccc4c(c3)C(C)(C)C3=C5C=C6C7=[N+](CCC6OC5CCN34)c3ccc(S(=O)(=O)O)cc3C7(C)C)c2-c2ccc(OC)cc2)c(O)cc1O. The van der Waals surface area contributed by atoms with Crippen LogP contribution in [-0.2, 0) is 43.3 Å². The molecule has 1 aromatic heterocycles. The van der Waals surface area contributed by atoms with E-state index in [2.05, 4.69) is 76.2 Å². The number of amides is 2. The van der Waals surface area contributed by atoms with E-state index in [1.165, 1.54) is 17.8 Å². The number of phenols is 2. The average molecular weight is 954 g/mol. The van der Waals surface area contributed by atoms with Crippen LogP contribution >= 0.6 is 0 Å². The van der Waals surface area contributed by atoms with Gasteiger partial charge in [-0.3, -0.25) is 19.2 Å². The van der Waals surface area contributed by atoms with Gasteiger partial charge in [-0.2, -0.15) is 18.1 Å². The first-order valence-electron chi connectivity index (χ1n) is 23.5. The molecule has 0 bridgehead atoms. The minimum absolute atomic E-state index is 0.0245. The van der Waals surface area contributed by atoms with E-state index in [1.54, 1.807) is 37.4 Å². The Hall–Kier alpha value is -6.75. The molecule has 2 amide bonds. The lowest BCUT2D eigenvalue weighted by molar-refractivity contribution is -0.445. The molecule has 0 aliphatic carbocycles. The standard InChI is InChI=1S/C53H56N6O9S/c1-7-30-25-34(42(61)28-41(30)60)47-46(31-10-12-32(67-6)13-11-31)48(57-56-47)51(63)55-20-8-19-54-45(62)24-29-9-15-39-37(23-29)52(2,3)49-35-27-36-44(68-43(35)17-21-58(39)49)18-22-59-40-16-14-33(69(64,65)66)26-38(40)53(4,5)50(36)59/h9-16,23,25-28,43-44H,7-8,17-22,24H2,1-6H3,(H5-,54,55,56,57,60,61,62,63,64,65,66)/p+1. The van der Waals surface area contributed by atoms with Crippen LogP contribution in [0.4, 0.5) is 11.4 Å². The number of aryl methyl sites for hydroxylation is 1. The van der Waals surface area contributed by atoms with E-state index in [0.29, 0.717) is 53.1 Å². The number of hydrogen-bond acceptors (Lipinski definition) is 10. The lowest BCUT2D eigenvalue weighted by Gasteiger charge is -2.42. The maximum absolute atomic E-state index is 13.7. The molecular formula is C53H57N6O9S+. The molecule has 15 nitrogen and oxygen atoms in total. The number of nitrogens with zero attached hydrogens (tertiary/aromatic N) is 3. The summed E-state index contributed by atoms with van der Waals surface area (Å²) in [7, 11) is -2.80. The number of allylic oxidation sites excluding steroid dienone is 1. The topological polar surface area (TPSA) is 206 Å². The fourth-order valence-corrected chi connectivity index (χ4v) is 11.8. The number of carbonyl (C=O) groups excluding carboxylic acids is 2. The van der Waals surface area contributed by atoms with Gasteiger partial charge in [0.15, 0.2) is 12.3 Å². The molecule has 0 spiro atoms. The molecule has 0 saturated carbocycles. The minimum atomic E-state index is -4.37. The molecule has 0 fully saturated rings. The van der Waals surface area contributed by atoms with Crippen LogP contribution in [0.3, 0.4) is 0 Å². The van der Waals surface area contributed by atoms with Gasteiger partial charge < -0.3 is 35.2 Å². The Kier molecular flexibility index (Phi) is 11.4. The third-order valence-corrected chi connectivity index (χ3v) is 15.5. The van der Waals surface area contributed by atoms with Crippen molar-refractivity contribution in [1.29, 1.82) is 0 Å². The number of aromatic nitrogens is 2. The average Bonchev–Trinajstić information content (AvgIpc) is 3.93. The first kappa shape index (κ1) is 46.0. The summed E-state index contributed by atoms with van der Waals surface area (Å²) in [5, 5.41) is 34.5. The van der Waals surface area contributed by atoms with Crippen LogP contribution in [0.1, 0.15) is 86.6 Å². The van der Waals surface area contributed by atoms with E-state index in [1.807, 2.05) is 25.1 Å². The molecule has 16 heteroatoms. The molecule has 2 atom stereocenters. The number of phenolic OH excluding ortho intramolecular Hbond substituents is 2. The zero-order valence-corrected chi connectivity index (χ0v) is 40.4. The molecule has 4 aromatic carbocycles. The fraction of sp³-hybridized carbons (Fsp3) is 0.358. The number of aromatic amines is 1. The highest BCUT2D eigenvalue weighted by atomic mass is 32.2. The molecule has 69 heavy (non-hydrogen) atoms. The van der Waals surface area contributed by atoms with Crippen LogP contribution in [0.25, 0.3) is 22.4 Å². The van der Waals surface area contributed by atoms with E-state index < -0.39 is 26.9 Å². The number of H-pyrrole nitrogens is 1. The number of carbonyl (C=O) groups is 2. The van der Waals surface area contributed by atoms with Gasteiger partial charge in [0.05, 0.1) is 36.0 Å². The maximum Gasteiger partial charge on any atom is 0.294 e. The number of benzene rings is 4. The summed E-state index contributed by atoms with van der Waals surface area (Å²) in [6.07, 6.45) is 4.99. The Morgan fingerprint density at radius 3 is 2.43 bits per heavy atom. The van der Waals surface area contributed by atoms with Crippen molar-refractivity contribution in [3.8, 4) is 39.6 Å². The number of hydrogen-bond donors (Lipinski definition) is 6. The van der Waals surface area contributed by atoms with E-state index in [-0.39, 0.29) is 53.2 Å².